The summed E-state index contributed by atoms with van der Waals surface area (Å²) in [6.07, 6.45) is 3.73. The Morgan fingerprint density at radius 2 is 1.88 bits per heavy atom. The van der Waals surface area contributed by atoms with E-state index in [4.69, 9.17) is 0 Å². The van der Waals surface area contributed by atoms with Gasteiger partial charge in [-0.05, 0) is 44.7 Å². The van der Waals surface area contributed by atoms with Gasteiger partial charge < -0.3 is 5.32 Å². The van der Waals surface area contributed by atoms with Crippen molar-refractivity contribution in [1.82, 2.24) is 9.62 Å². The van der Waals surface area contributed by atoms with E-state index in [2.05, 4.69) is 19.2 Å². The molecule has 0 aromatic heterocycles. The van der Waals surface area contributed by atoms with Gasteiger partial charge in [-0.2, -0.15) is 0 Å². The minimum atomic E-state index is -2.99. The van der Waals surface area contributed by atoms with Crippen LogP contribution in [-0.4, -0.2) is 44.7 Å². The van der Waals surface area contributed by atoms with Gasteiger partial charge in [-0.1, -0.05) is 13.8 Å². The molecule has 1 aliphatic rings. The van der Waals surface area contributed by atoms with E-state index < -0.39 is 10.0 Å². The smallest absolute Gasteiger partial charge is 0.214 e. The molecule has 0 aliphatic carbocycles. The lowest BCUT2D eigenvalue weighted by molar-refractivity contribution is 0.288. The zero-order valence-electron chi connectivity index (χ0n) is 11.1. The van der Waals surface area contributed by atoms with Crippen LogP contribution in [0.1, 0.15) is 39.5 Å². The van der Waals surface area contributed by atoms with Crippen molar-refractivity contribution >= 4 is 10.0 Å². The van der Waals surface area contributed by atoms with Gasteiger partial charge in [0.1, 0.15) is 0 Å². The largest absolute Gasteiger partial charge is 0.317 e. The zero-order chi connectivity index (χ0) is 12.7. The summed E-state index contributed by atoms with van der Waals surface area (Å²) in [5, 5.41) is 3.21. The van der Waals surface area contributed by atoms with Crippen LogP contribution in [0.2, 0.25) is 0 Å². The molecule has 1 aliphatic heterocycles. The van der Waals surface area contributed by atoms with Gasteiger partial charge in [-0.15, -0.1) is 0 Å². The van der Waals surface area contributed by atoms with Crippen molar-refractivity contribution in [3.05, 3.63) is 0 Å². The van der Waals surface area contributed by atoms with Gasteiger partial charge >= 0.3 is 0 Å². The van der Waals surface area contributed by atoms with Crippen LogP contribution in [0, 0.1) is 5.92 Å². The Balaban J connectivity index is 2.25. The molecule has 0 aromatic carbocycles. The van der Waals surface area contributed by atoms with Crippen LogP contribution >= 0.6 is 0 Å². The van der Waals surface area contributed by atoms with Gasteiger partial charge in [0.05, 0.1) is 5.75 Å². The number of sulfonamides is 1. The number of hydrogen-bond acceptors (Lipinski definition) is 3. The van der Waals surface area contributed by atoms with Crippen LogP contribution in [0.3, 0.4) is 0 Å². The van der Waals surface area contributed by atoms with Crippen molar-refractivity contribution < 1.29 is 8.42 Å². The number of nitrogens with one attached hydrogen (secondary N) is 1. The van der Waals surface area contributed by atoms with Gasteiger partial charge in [0, 0.05) is 13.1 Å². The first-order valence-corrected chi connectivity index (χ1v) is 8.35. The van der Waals surface area contributed by atoms with Crippen molar-refractivity contribution in [1.29, 1.82) is 0 Å². The summed E-state index contributed by atoms with van der Waals surface area (Å²) in [6.45, 7) is 7.57. The summed E-state index contributed by atoms with van der Waals surface area (Å²) in [5.74, 6) is 0.988. The standard InChI is InChI=1S/C12H26N2O2S/c1-3-13-8-4-5-11-17(15,16)14-9-6-12(2)7-10-14/h12-13H,3-11H2,1-2H3. The highest BCUT2D eigenvalue weighted by atomic mass is 32.2. The summed E-state index contributed by atoms with van der Waals surface area (Å²) in [7, 11) is -2.99. The van der Waals surface area contributed by atoms with Crippen molar-refractivity contribution in [3.8, 4) is 0 Å². The third kappa shape index (κ3) is 5.36. The number of rotatable bonds is 7. The highest BCUT2D eigenvalue weighted by molar-refractivity contribution is 7.89. The second-order valence-electron chi connectivity index (χ2n) is 4.96. The molecule has 0 unspecified atom stereocenters. The molecular weight excluding hydrogens is 236 g/mol. The zero-order valence-corrected chi connectivity index (χ0v) is 11.9. The first-order valence-electron chi connectivity index (χ1n) is 6.75. The summed E-state index contributed by atoms with van der Waals surface area (Å²) in [6, 6.07) is 0. The van der Waals surface area contributed by atoms with Gasteiger partial charge in [0.2, 0.25) is 10.0 Å². The monoisotopic (exact) mass is 262 g/mol. The molecule has 0 spiro atoms. The highest BCUT2D eigenvalue weighted by Crippen LogP contribution is 2.19. The summed E-state index contributed by atoms with van der Waals surface area (Å²) in [4.78, 5) is 0. The van der Waals surface area contributed by atoms with Crippen molar-refractivity contribution in [3.63, 3.8) is 0 Å². The third-order valence-corrected chi connectivity index (χ3v) is 5.35. The van der Waals surface area contributed by atoms with Crippen LogP contribution in [0.4, 0.5) is 0 Å². The lowest BCUT2D eigenvalue weighted by Gasteiger charge is -2.29. The minimum Gasteiger partial charge on any atom is -0.317 e. The van der Waals surface area contributed by atoms with Crippen molar-refractivity contribution in [2.24, 2.45) is 5.92 Å². The Morgan fingerprint density at radius 1 is 1.24 bits per heavy atom. The number of unbranched alkanes of at least 4 members (excludes halogenated alkanes) is 1. The van der Waals surface area contributed by atoms with E-state index in [0.717, 1.165) is 51.9 Å². The van der Waals surface area contributed by atoms with Crippen molar-refractivity contribution in [2.45, 2.75) is 39.5 Å². The van der Waals surface area contributed by atoms with Gasteiger partial charge in [-0.25, -0.2) is 12.7 Å². The molecule has 1 rings (SSSR count). The van der Waals surface area contributed by atoms with Crippen LogP contribution in [0.15, 0.2) is 0 Å². The molecule has 0 aromatic rings. The van der Waals surface area contributed by atoms with Crippen LogP contribution in [0.5, 0.6) is 0 Å². The van der Waals surface area contributed by atoms with E-state index in [9.17, 15) is 8.42 Å². The maximum absolute atomic E-state index is 12.0. The fraction of sp³-hybridized carbons (Fsp3) is 1.00. The number of nitrogens with zero attached hydrogens (tertiary/aromatic N) is 1. The van der Waals surface area contributed by atoms with Gasteiger partial charge in [0.25, 0.3) is 0 Å². The predicted octanol–water partition coefficient (Wildman–Crippen LogP) is 1.44. The topological polar surface area (TPSA) is 49.4 Å². The highest BCUT2D eigenvalue weighted by Gasteiger charge is 2.25. The molecule has 17 heavy (non-hydrogen) atoms. The molecule has 0 bridgehead atoms. The predicted molar refractivity (Wildman–Crippen MR) is 71.5 cm³/mol. The first kappa shape index (κ1) is 14.9. The molecule has 0 atom stereocenters. The summed E-state index contributed by atoms with van der Waals surface area (Å²) < 4.78 is 25.7. The average molecular weight is 262 g/mol. The molecule has 1 N–H and O–H groups in total. The normalized spacial score (nSPS) is 19.6. The fourth-order valence-electron chi connectivity index (χ4n) is 2.10. The molecule has 0 radical (unpaired) electrons. The quantitative estimate of drug-likeness (QED) is 0.706. The number of piperidine rings is 1. The molecule has 5 heteroatoms. The minimum absolute atomic E-state index is 0.312. The Kier molecular flexibility index (Phi) is 6.44. The Hall–Kier alpha value is -0.130. The molecule has 1 saturated heterocycles. The van der Waals surface area contributed by atoms with E-state index in [-0.39, 0.29) is 0 Å². The van der Waals surface area contributed by atoms with E-state index in [1.807, 2.05) is 0 Å². The van der Waals surface area contributed by atoms with Gasteiger partial charge in [-0.3, -0.25) is 0 Å². The lowest BCUT2D eigenvalue weighted by atomic mass is 10.0. The molecule has 4 nitrogen and oxygen atoms in total. The maximum Gasteiger partial charge on any atom is 0.214 e. The lowest BCUT2D eigenvalue weighted by Crippen LogP contribution is -2.39. The second-order valence-corrected chi connectivity index (χ2v) is 7.05. The van der Waals surface area contributed by atoms with E-state index >= 15 is 0 Å². The molecule has 1 fully saturated rings. The number of hydrogen-bond donors (Lipinski definition) is 1. The second kappa shape index (κ2) is 7.34. The Morgan fingerprint density at radius 3 is 2.47 bits per heavy atom. The van der Waals surface area contributed by atoms with Crippen LogP contribution in [-0.2, 0) is 10.0 Å². The first-order chi connectivity index (χ1) is 8.06. The molecule has 0 saturated carbocycles. The van der Waals surface area contributed by atoms with Gasteiger partial charge in [0.15, 0.2) is 0 Å². The molecular formula is C12H26N2O2S. The van der Waals surface area contributed by atoms with Crippen LogP contribution < -0.4 is 5.32 Å². The third-order valence-electron chi connectivity index (χ3n) is 3.39. The van der Waals surface area contributed by atoms with Crippen LogP contribution in [0.25, 0.3) is 0 Å². The van der Waals surface area contributed by atoms with E-state index in [0.29, 0.717) is 11.7 Å². The molecule has 102 valence electrons. The van der Waals surface area contributed by atoms with E-state index in [1.165, 1.54) is 0 Å². The molecule has 0 amide bonds. The SMILES string of the molecule is CCNCCCCS(=O)(=O)N1CCC(C)CC1. The van der Waals surface area contributed by atoms with E-state index in [1.54, 1.807) is 4.31 Å². The average Bonchev–Trinajstić information content (AvgIpc) is 2.29. The maximum atomic E-state index is 12.0. The summed E-state index contributed by atoms with van der Waals surface area (Å²) >= 11 is 0. The van der Waals surface area contributed by atoms with Crippen molar-refractivity contribution in [2.75, 3.05) is 31.9 Å². The molecule has 1 heterocycles. The summed E-state index contributed by atoms with van der Waals surface area (Å²) in [5.41, 5.74) is 0. The Bertz CT molecular complexity index is 296. The fourth-order valence-corrected chi connectivity index (χ4v) is 3.70. The Labute approximate surface area is 106 Å².